The smallest absolute Gasteiger partial charge is 0.166 e. The lowest BCUT2D eigenvalue weighted by molar-refractivity contribution is 0.364. The van der Waals surface area contributed by atoms with Crippen LogP contribution in [0.3, 0.4) is 0 Å². The Balaban J connectivity index is 1.57. The normalized spacial score (nSPS) is 18.1. The molecule has 0 aliphatic heterocycles. The third-order valence-corrected chi connectivity index (χ3v) is 7.13. The van der Waals surface area contributed by atoms with Gasteiger partial charge >= 0.3 is 0 Å². The minimum atomic E-state index is -0.880. The van der Waals surface area contributed by atoms with Crippen LogP contribution >= 0.6 is 0 Å². The van der Waals surface area contributed by atoms with Crippen molar-refractivity contribution >= 4 is 0 Å². The minimum absolute atomic E-state index is 0.0142. The van der Waals surface area contributed by atoms with Crippen LogP contribution in [0, 0.1) is 29.2 Å². The molecule has 1 fully saturated rings. The van der Waals surface area contributed by atoms with Crippen LogP contribution in [0.25, 0.3) is 22.3 Å². The van der Waals surface area contributed by atoms with Crippen molar-refractivity contribution in [3.05, 3.63) is 95.6 Å². The molecule has 0 saturated heterocycles. The summed E-state index contributed by atoms with van der Waals surface area (Å²) in [4.78, 5) is 0. The molecular weight excluding hydrogens is 436 g/mol. The lowest BCUT2D eigenvalue weighted by Crippen LogP contribution is -2.13. The number of rotatable bonds is 7. The summed E-state index contributed by atoms with van der Waals surface area (Å²) in [6.45, 7) is 5.84. The summed E-state index contributed by atoms with van der Waals surface area (Å²) >= 11 is 0. The number of hydrogen-bond donors (Lipinski definition) is 0. The van der Waals surface area contributed by atoms with E-state index in [1.165, 1.54) is 0 Å². The fourth-order valence-corrected chi connectivity index (χ4v) is 4.97. The molecule has 0 radical (unpaired) electrons. The number of hydrogen-bond acceptors (Lipinski definition) is 0. The Hall–Kier alpha value is -2.88. The number of benzene rings is 3. The van der Waals surface area contributed by atoms with Crippen molar-refractivity contribution in [2.45, 2.75) is 57.8 Å². The second kappa shape index (κ2) is 10.6. The van der Waals surface area contributed by atoms with Crippen LogP contribution in [-0.2, 0) is 6.42 Å². The van der Waals surface area contributed by atoms with Crippen molar-refractivity contribution in [2.24, 2.45) is 5.92 Å². The Labute approximate surface area is 199 Å². The first kappa shape index (κ1) is 24.3. The zero-order valence-electron chi connectivity index (χ0n) is 19.5. The van der Waals surface area contributed by atoms with Crippen LogP contribution in [0.5, 0.6) is 0 Å². The molecule has 178 valence electrons. The van der Waals surface area contributed by atoms with Crippen LogP contribution in [0.1, 0.15) is 62.5 Å². The van der Waals surface area contributed by atoms with Gasteiger partial charge < -0.3 is 0 Å². The molecule has 0 aromatic heterocycles. The van der Waals surface area contributed by atoms with Crippen LogP contribution in [-0.4, -0.2) is 0 Å². The van der Waals surface area contributed by atoms with Crippen molar-refractivity contribution < 1.29 is 17.6 Å². The highest BCUT2D eigenvalue weighted by atomic mass is 19.2. The zero-order chi connectivity index (χ0) is 24.2. The molecule has 1 aliphatic carbocycles. The summed E-state index contributed by atoms with van der Waals surface area (Å²) in [6.07, 6.45) is 7.65. The molecule has 3 aromatic carbocycles. The Morgan fingerprint density at radius 3 is 1.85 bits per heavy atom. The lowest BCUT2D eigenvalue weighted by Gasteiger charge is -2.27. The summed E-state index contributed by atoms with van der Waals surface area (Å²) in [5, 5.41) is 0. The van der Waals surface area contributed by atoms with Gasteiger partial charge in [-0.2, -0.15) is 0 Å². The van der Waals surface area contributed by atoms with E-state index in [9.17, 15) is 13.2 Å². The molecular formula is C30H30F4. The standard InChI is InChI=1S/C30H30F4/c1-3-5-6-23-15-16-24(28(32)27(23)31)21-11-13-22(14-12-21)26-18-17-25(29(33)30(26)34)20-9-7-19(4-2)8-10-20/h4,11-20H,2-3,5-10H2,1H3. The molecule has 0 bridgehead atoms. The van der Waals surface area contributed by atoms with Crippen molar-refractivity contribution in [2.75, 3.05) is 0 Å². The van der Waals surface area contributed by atoms with Crippen LogP contribution in [0.2, 0.25) is 0 Å². The molecule has 0 heterocycles. The fraction of sp³-hybridized carbons (Fsp3) is 0.333. The molecule has 0 N–H and O–H groups in total. The first-order chi connectivity index (χ1) is 16.4. The van der Waals surface area contributed by atoms with E-state index in [0.29, 0.717) is 34.6 Å². The predicted octanol–water partition coefficient (Wildman–Crippen LogP) is 9.38. The lowest BCUT2D eigenvalue weighted by atomic mass is 9.78. The van der Waals surface area contributed by atoms with E-state index in [0.717, 1.165) is 38.5 Å². The number of halogens is 4. The molecule has 3 aromatic rings. The predicted molar refractivity (Wildman–Crippen MR) is 131 cm³/mol. The van der Waals surface area contributed by atoms with E-state index in [1.54, 1.807) is 48.5 Å². The maximum atomic E-state index is 15.0. The van der Waals surface area contributed by atoms with Gasteiger partial charge in [0.25, 0.3) is 0 Å². The van der Waals surface area contributed by atoms with Gasteiger partial charge in [-0.1, -0.05) is 68.0 Å². The second-order valence-electron chi connectivity index (χ2n) is 9.26. The largest absolute Gasteiger partial charge is 0.203 e. The van der Waals surface area contributed by atoms with Crippen molar-refractivity contribution in [1.82, 2.24) is 0 Å². The molecule has 1 aliphatic rings. The van der Waals surface area contributed by atoms with Crippen LogP contribution in [0.4, 0.5) is 17.6 Å². The Morgan fingerprint density at radius 2 is 1.29 bits per heavy atom. The quantitative estimate of drug-likeness (QED) is 0.240. The van der Waals surface area contributed by atoms with Gasteiger partial charge in [0, 0.05) is 11.1 Å². The Morgan fingerprint density at radius 1 is 0.735 bits per heavy atom. The molecule has 0 amide bonds. The third-order valence-electron chi connectivity index (χ3n) is 7.13. The number of allylic oxidation sites excluding steroid dienone is 1. The summed E-state index contributed by atoms with van der Waals surface area (Å²) in [7, 11) is 0. The molecule has 0 spiro atoms. The summed E-state index contributed by atoms with van der Waals surface area (Å²) < 4.78 is 59.2. The maximum Gasteiger partial charge on any atom is 0.166 e. The van der Waals surface area contributed by atoms with Crippen LogP contribution < -0.4 is 0 Å². The average molecular weight is 467 g/mol. The van der Waals surface area contributed by atoms with Crippen molar-refractivity contribution in [3.8, 4) is 22.3 Å². The van der Waals surface area contributed by atoms with Gasteiger partial charge in [0.1, 0.15) is 0 Å². The average Bonchev–Trinajstić information content (AvgIpc) is 2.87. The molecule has 0 unspecified atom stereocenters. The van der Waals surface area contributed by atoms with E-state index in [1.807, 2.05) is 13.0 Å². The summed E-state index contributed by atoms with van der Waals surface area (Å²) in [5.41, 5.74) is 2.09. The van der Waals surface area contributed by atoms with E-state index >= 15 is 4.39 Å². The molecule has 0 atom stereocenters. The fourth-order valence-electron chi connectivity index (χ4n) is 4.97. The third kappa shape index (κ3) is 4.82. The SMILES string of the molecule is C=CC1CCC(c2ccc(-c3ccc(-c4ccc(CCCC)c(F)c4F)cc3)c(F)c2F)CC1. The summed E-state index contributed by atoms with van der Waals surface area (Å²) in [5.74, 6) is -2.89. The van der Waals surface area contributed by atoms with E-state index in [-0.39, 0.29) is 17.0 Å². The molecule has 4 rings (SSSR count). The van der Waals surface area contributed by atoms with Gasteiger partial charge in [0.2, 0.25) is 0 Å². The minimum Gasteiger partial charge on any atom is -0.203 e. The monoisotopic (exact) mass is 466 g/mol. The first-order valence-corrected chi connectivity index (χ1v) is 12.1. The Kier molecular flexibility index (Phi) is 7.55. The highest BCUT2D eigenvalue weighted by Gasteiger charge is 2.25. The maximum absolute atomic E-state index is 15.0. The molecule has 34 heavy (non-hydrogen) atoms. The summed E-state index contributed by atoms with van der Waals surface area (Å²) in [6, 6.07) is 13.0. The highest BCUT2D eigenvalue weighted by Crippen LogP contribution is 2.39. The van der Waals surface area contributed by atoms with Gasteiger partial charge in [-0.15, -0.1) is 6.58 Å². The van der Waals surface area contributed by atoms with E-state index in [4.69, 9.17) is 0 Å². The number of aryl methyl sites for hydroxylation is 1. The van der Waals surface area contributed by atoms with Crippen molar-refractivity contribution in [1.29, 1.82) is 0 Å². The Bertz CT molecular complexity index is 1160. The zero-order valence-corrected chi connectivity index (χ0v) is 19.5. The van der Waals surface area contributed by atoms with Gasteiger partial charge in [-0.05, 0) is 72.6 Å². The van der Waals surface area contributed by atoms with Gasteiger partial charge in [0.05, 0.1) is 0 Å². The van der Waals surface area contributed by atoms with E-state index < -0.39 is 23.3 Å². The van der Waals surface area contributed by atoms with Crippen LogP contribution in [0.15, 0.2) is 61.2 Å². The molecule has 0 nitrogen and oxygen atoms in total. The van der Waals surface area contributed by atoms with Gasteiger partial charge in [-0.25, -0.2) is 17.6 Å². The van der Waals surface area contributed by atoms with Gasteiger partial charge in [0.15, 0.2) is 23.3 Å². The molecule has 1 saturated carbocycles. The topological polar surface area (TPSA) is 0 Å². The van der Waals surface area contributed by atoms with Gasteiger partial charge in [-0.3, -0.25) is 0 Å². The van der Waals surface area contributed by atoms with Crippen molar-refractivity contribution in [3.63, 3.8) is 0 Å². The highest BCUT2D eigenvalue weighted by molar-refractivity contribution is 5.71. The molecule has 4 heteroatoms. The number of unbranched alkanes of at least 4 members (excludes halogenated alkanes) is 1. The van der Waals surface area contributed by atoms with E-state index in [2.05, 4.69) is 6.58 Å². The first-order valence-electron chi connectivity index (χ1n) is 12.1. The second-order valence-corrected chi connectivity index (χ2v) is 9.26.